The van der Waals surface area contributed by atoms with Gasteiger partial charge in [0.15, 0.2) is 11.6 Å². The zero-order chi connectivity index (χ0) is 14.8. The molecule has 0 atom stereocenters. The van der Waals surface area contributed by atoms with Crippen LogP contribution < -0.4 is 9.47 Å². The zero-order valence-corrected chi connectivity index (χ0v) is 11.6. The molecule has 5 nitrogen and oxygen atoms in total. The van der Waals surface area contributed by atoms with Crippen molar-refractivity contribution in [2.75, 3.05) is 7.11 Å². The number of rotatable bonds is 3. The Balaban J connectivity index is 2.09. The van der Waals surface area contributed by atoms with E-state index in [4.69, 9.17) is 21.1 Å². The number of hydrogen-bond donors (Lipinski definition) is 0. The molecule has 0 unspecified atom stereocenters. The Labute approximate surface area is 124 Å². The van der Waals surface area contributed by atoms with Gasteiger partial charge < -0.3 is 9.47 Å². The normalized spacial score (nSPS) is 10.6. The number of halogens is 2. The van der Waals surface area contributed by atoms with E-state index in [0.29, 0.717) is 21.7 Å². The van der Waals surface area contributed by atoms with Crippen LogP contribution in [-0.2, 0) is 0 Å². The molecule has 0 fully saturated rings. The predicted molar refractivity (Wildman–Crippen MR) is 75.4 cm³/mol. The molecule has 0 aliphatic heterocycles. The van der Waals surface area contributed by atoms with Crippen molar-refractivity contribution < 1.29 is 13.9 Å². The van der Waals surface area contributed by atoms with Crippen molar-refractivity contribution in [2.45, 2.75) is 0 Å². The first kappa shape index (κ1) is 13.5. The molecule has 3 rings (SSSR count). The van der Waals surface area contributed by atoms with Gasteiger partial charge in [0.05, 0.1) is 29.2 Å². The summed E-state index contributed by atoms with van der Waals surface area (Å²) in [5.74, 6) is 0.276. The van der Waals surface area contributed by atoms with E-state index < -0.39 is 5.82 Å². The largest absolute Gasteiger partial charge is 0.494 e. The van der Waals surface area contributed by atoms with Gasteiger partial charge in [-0.15, -0.1) is 0 Å². The van der Waals surface area contributed by atoms with Crippen molar-refractivity contribution >= 4 is 22.5 Å². The highest BCUT2D eigenvalue weighted by atomic mass is 35.5. The molecule has 0 N–H and O–H groups in total. The molecule has 0 amide bonds. The van der Waals surface area contributed by atoms with Crippen LogP contribution >= 0.6 is 11.6 Å². The summed E-state index contributed by atoms with van der Waals surface area (Å²) in [6.45, 7) is 0. The van der Waals surface area contributed by atoms with E-state index in [1.165, 1.54) is 38.0 Å². The fourth-order valence-electron chi connectivity index (χ4n) is 1.83. The quantitative estimate of drug-likeness (QED) is 0.739. The summed E-state index contributed by atoms with van der Waals surface area (Å²) >= 11 is 5.85. The van der Waals surface area contributed by atoms with Crippen molar-refractivity contribution in [2.24, 2.45) is 0 Å². The van der Waals surface area contributed by atoms with Gasteiger partial charge >= 0.3 is 0 Å². The summed E-state index contributed by atoms with van der Waals surface area (Å²) in [5, 5.41) is 0.963. The van der Waals surface area contributed by atoms with Crippen LogP contribution in [0.5, 0.6) is 17.4 Å². The average molecular weight is 306 g/mol. The Morgan fingerprint density at radius 3 is 2.76 bits per heavy atom. The molecule has 7 heteroatoms. The first-order valence-electron chi connectivity index (χ1n) is 5.94. The van der Waals surface area contributed by atoms with Crippen molar-refractivity contribution in [3.05, 3.63) is 47.8 Å². The molecule has 2 aromatic heterocycles. The third-order valence-electron chi connectivity index (χ3n) is 2.77. The van der Waals surface area contributed by atoms with E-state index in [1.807, 2.05) is 0 Å². The van der Waals surface area contributed by atoms with Gasteiger partial charge in [0.25, 0.3) is 0 Å². The Kier molecular flexibility index (Phi) is 3.53. The van der Waals surface area contributed by atoms with E-state index in [-0.39, 0.29) is 11.6 Å². The summed E-state index contributed by atoms with van der Waals surface area (Å²) < 4.78 is 24.3. The van der Waals surface area contributed by atoms with Crippen LogP contribution in [0, 0.1) is 5.82 Å². The maximum absolute atomic E-state index is 13.7. The minimum Gasteiger partial charge on any atom is -0.494 e. The number of methoxy groups -OCH3 is 1. The lowest BCUT2D eigenvalue weighted by atomic mass is 10.2. The maximum Gasteiger partial charge on any atom is 0.230 e. The van der Waals surface area contributed by atoms with Crippen LogP contribution in [0.2, 0.25) is 5.02 Å². The van der Waals surface area contributed by atoms with E-state index in [1.54, 1.807) is 6.07 Å². The standard InChI is InChI=1S/C14H9ClFN3O2/c1-20-13-3-10-12(4-11(13)16)18-7-19-14(10)21-9-2-8(15)5-17-6-9/h2-7H,1H3. The van der Waals surface area contributed by atoms with Crippen molar-refractivity contribution in [3.8, 4) is 17.4 Å². The number of pyridine rings is 1. The van der Waals surface area contributed by atoms with Crippen LogP contribution in [0.15, 0.2) is 36.9 Å². The summed E-state index contributed by atoms with van der Waals surface area (Å²) in [5.41, 5.74) is 0.410. The Bertz CT molecular complexity index is 813. The average Bonchev–Trinajstić information content (AvgIpc) is 2.47. The molecular weight excluding hydrogens is 297 g/mol. The van der Waals surface area contributed by atoms with Gasteiger partial charge in [0.1, 0.15) is 12.1 Å². The molecule has 0 saturated carbocycles. The number of nitrogens with zero attached hydrogens (tertiary/aromatic N) is 3. The SMILES string of the molecule is COc1cc2c(Oc3cncc(Cl)c3)ncnc2cc1F. The van der Waals surface area contributed by atoms with Gasteiger partial charge in [-0.2, -0.15) is 0 Å². The molecule has 0 bridgehead atoms. The van der Waals surface area contributed by atoms with Gasteiger partial charge in [-0.3, -0.25) is 4.98 Å². The highest BCUT2D eigenvalue weighted by Crippen LogP contribution is 2.31. The number of ether oxygens (including phenoxy) is 2. The number of aromatic nitrogens is 3. The van der Waals surface area contributed by atoms with E-state index in [9.17, 15) is 4.39 Å². The molecule has 0 aliphatic carbocycles. The Hall–Kier alpha value is -2.47. The number of fused-ring (bicyclic) bond motifs is 1. The Morgan fingerprint density at radius 2 is 2.00 bits per heavy atom. The van der Waals surface area contributed by atoms with E-state index >= 15 is 0 Å². The smallest absolute Gasteiger partial charge is 0.230 e. The van der Waals surface area contributed by atoms with Gasteiger partial charge in [-0.25, -0.2) is 14.4 Å². The highest BCUT2D eigenvalue weighted by Gasteiger charge is 2.12. The van der Waals surface area contributed by atoms with Gasteiger partial charge in [-0.05, 0) is 6.07 Å². The first-order valence-corrected chi connectivity index (χ1v) is 6.32. The Morgan fingerprint density at radius 1 is 1.14 bits per heavy atom. The summed E-state index contributed by atoms with van der Waals surface area (Å²) in [6.07, 6.45) is 4.28. The molecule has 21 heavy (non-hydrogen) atoms. The van der Waals surface area contributed by atoms with Crippen LogP contribution in [0.4, 0.5) is 4.39 Å². The summed E-state index contributed by atoms with van der Waals surface area (Å²) in [4.78, 5) is 12.0. The first-order chi connectivity index (χ1) is 10.2. The van der Waals surface area contributed by atoms with E-state index in [0.717, 1.165) is 0 Å². The number of benzene rings is 1. The molecule has 0 saturated heterocycles. The molecular formula is C14H9ClFN3O2. The lowest BCUT2D eigenvalue weighted by molar-refractivity contribution is 0.387. The molecule has 2 heterocycles. The van der Waals surface area contributed by atoms with Crippen LogP contribution in [0.3, 0.4) is 0 Å². The lowest BCUT2D eigenvalue weighted by Crippen LogP contribution is -1.94. The van der Waals surface area contributed by atoms with E-state index in [2.05, 4.69) is 15.0 Å². The van der Waals surface area contributed by atoms with Crippen molar-refractivity contribution in [3.63, 3.8) is 0 Å². The minimum absolute atomic E-state index is 0.0892. The van der Waals surface area contributed by atoms with Crippen LogP contribution in [-0.4, -0.2) is 22.1 Å². The molecule has 0 aliphatic rings. The third-order valence-corrected chi connectivity index (χ3v) is 2.97. The topological polar surface area (TPSA) is 57.1 Å². The predicted octanol–water partition coefficient (Wildman–Crippen LogP) is 3.62. The lowest BCUT2D eigenvalue weighted by Gasteiger charge is -2.09. The second-order valence-electron chi connectivity index (χ2n) is 4.12. The highest BCUT2D eigenvalue weighted by molar-refractivity contribution is 6.30. The van der Waals surface area contributed by atoms with Gasteiger partial charge in [0.2, 0.25) is 5.88 Å². The molecule has 106 valence electrons. The second kappa shape index (κ2) is 5.49. The molecule has 0 spiro atoms. The fourth-order valence-corrected chi connectivity index (χ4v) is 2.00. The van der Waals surface area contributed by atoms with Gasteiger partial charge in [-0.1, -0.05) is 11.6 Å². The van der Waals surface area contributed by atoms with Crippen LogP contribution in [0.1, 0.15) is 0 Å². The maximum atomic E-state index is 13.7. The second-order valence-corrected chi connectivity index (χ2v) is 4.56. The fraction of sp³-hybridized carbons (Fsp3) is 0.0714. The van der Waals surface area contributed by atoms with Gasteiger partial charge in [0, 0.05) is 18.3 Å². The zero-order valence-electron chi connectivity index (χ0n) is 10.9. The molecule has 0 radical (unpaired) electrons. The molecule has 1 aromatic carbocycles. The minimum atomic E-state index is -0.501. The summed E-state index contributed by atoms with van der Waals surface area (Å²) in [6, 6.07) is 4.35. The number of hydrogen-bond acceptors (Lipinski definition) is 5. The monoisotopic (exact) mass is 305 g/mol. The van der Waals surface area contributed by atoms with Crippen molar-refractivity contribution in [1.29, 1.82) is 0 Å². The van der Waals surface area contributed by atoms with Crippen LogP contribution in [0.25, 0.3) is 10.9 Å². The molecule has 3 aromatic rings. The van der Waals surface area contributed by atoms with Crippen molar-refractivity contribution in [1.82, 2.24) is 15.0 Å². The third kappa shape index (κ3) is 2.71. The summed E-state index contributed by atoms with van der Waals surface area (Å²) in [7, 11) is 1.38.